The summed E-state index contributed by atoms with van der Waals surface area (Å²) in [4.78, 5) is 22.9. The van der Waals surface area contributed by atoms with Crippen LogP contribution < -0.4 is 10.3 Å². The highest BCUT2D eigenvalue weighted by atomic mass is 16.5. The number of rotatable bonds is 4. The maximum atomic E-state index is 11.5. The number of ether oxygens (including phenoxy) is 1. The second kappa shape index (κ2) is 5.44. The van der Waals surface area contributed by atoms with Crippen LogP contribution >= 0.6 is 0 Å². The Morgan fingerprint density at radius 3 is 2.78 bits per heavy atom. The number of aryl methyl sites for hydroxylation is 1. The average molecular weight is 245 g/mol. The highest BCUT2D eigenvalue weighted by Crippen LogP contribution is 2.16. The van der Waals surface area contributed by atoms with Gasteiger partial charge in [0.25, 0.3) is 5.56 Å². The summed E-state index contributed by atoms with van der Waals surface area (Å²) in [6, 6.07) is 5.04. The van der Waals surface area contributed by atoms with E-state index in [1.807, 2.05) is 6.92 Å². The smallest absolute Gasteiger partial charge is 0.251 e. The van der Waals surface area contributed by atoms with Crippen molar-refractivity contribution in [1.29, 1.82) is 0 Å². The lowest BCUT2D eigenvalue weighted by atomic mass is 10.2. The number of pyridine rings is 1. The van der Waals surface area contributed by atoms with Gasteiger partial charge in [0.2, 0.25) is 0 Å². The number of nitrogens with zero attached hydrogens (tertiary/aromatic N) is 2. The molecule has 2 aromatic rings. The Bertz CT molecular complexity index is 576. The molecule has 1 N–H and O–H groups in total. The van der Waals surface area contributed by atoms with Crippen LogP contribution in [0.1, 0.15) is 19.2 Å². The van der Waals surface area contributed by atoms with E-state index in [1.165, 1.54) is 6.07 Å². The van der Waals surface area contributed by atoms with E-state index in [-0.39, 0.29) is 5.56 Å². The fourth-order valence-corrected chi connectivity index (χ4v) is 1.65. The zero-order valence-corrected chi connectivity index (χ0v) is 10.4. The topological polar surface area (TPSA) is 67.9 Å². The molecule has 0 aromatic carbocycles. The summed E-state index contributed by atoms with van der Waals surface area (Å²) in [5, 5.41) is 0. The number of hydrogen-bond acceptors (Lipinski definition) is 4. The molecule has 0 radical (unpaired) electrons. The third kappa shape index (κ3) is 2.74. The summed E-state index contributed by atoms with van der Waals surface area (Å²) >= 11 is 0. The van der Waals surface area contributed by atoms with Gasteiger partial charge in [-0.2, -0.15) is 0 Å². The van der Waals surface area contributed by atoms with E-state index >= 15 is 0 Å². The molecule has 0 unspecified atom stereocenters. The first-order valence-corrected chi connectivity index (χ1v) is 5.83. The van der Waals surface area contributed by atoms with Crippen LogP contribution in [0, 0.1) is 0 Å². The first-order chi connectivity index (χ1) is 8.72. The normalized spacial score (nSPS) is 10.3. The van der Waals surface area contributed by atoms with Gasteiger partial charge in [0.15, 0.2) is 0 Å². The molecule has 0 fully saturated rings. The van der Waals surface area contributed by atoms with Gasteiger partial charge in [-0.1, -0.05) is 6.92 Å². The number of methoxy groups -OCH3 is 1. The summed E-state index contributed by atoms with van der Waals surface area (Å²) in [6.45, 7) is 2.04. The van der Waals surface area contributed by atoms with Crippen molar-refractivity contribution in [3.05, 3.63) is 40.6 Å². The van der Waals surface area contributed by atoms with E-state index in [2.05, 4.69) is 15.0 Å². The molecule has 0 saturated carbocycles. The molecule has 0 bridgehead atoms. The van der Waals surface area contributed by atoms with Crippen molar-refractivity contribution in [3.63, 3.8) is 0 Å². The standard InChI is InChI=1S/C13H15N3O2/c1-3-4-12-15-11(7-13(17)16-12)10-6-5-9(18-2)8-14-10/h5-8H,3-4H2,1-2H3,(H,15,16,17). The highest BCUT2D eigenvalue weighted by Gasteiger charge is 2.05. The molecule has 2 aromatic heterocycles. The molecule has 2 heterocycles. The van der Waals surface area contributed by atoms with E-state index in [4.69, 9.17) is 4.74 Å². The van der Waals surface area contributed by atoms with Gasteiger partial charge in [-0.3, -0.25) is 9.78 Å². The quantitative estimate of drug-likeness (QED) is 0.891. The SMILES string of the molecule is CCCc1nc(-c2ccc(OC)cn2)cc(=O)[nH]1. The maximum absolute atomic E-state index is 11.5. The van der Waals surface area contributed by atoms with E-state index in [1.54, 1.807) is 25.4 Å². The molecule has 0 saturated heterocycles. The van der Waals surface area contributed by atoms with Gasteiger partial charge < -0.3 is 9.72 Å². The fourth-order valence-electron chi connectivity index (χ4n) is 1.65. The third-order valence-electron chi connectivity index (χ3n) is 2.51. The summed E-state index contributed by atoms with van der Waals surface area (Å²) < 4.78 is 5.04. The fraction of sp³-hybridized carbons (Fsp3) is 0.308. The first-order valence-electron chi connectivity index (χ1n) is 5.83. The van der Waals surface area contributed by atoms with Crippen LogP contribution in [0.3, 0.4) is 0 Å². The minimum absolute atomic E-state index is 0.152. The van der Waals surface area contributed by atoms with E-state index < -0.39 is 0 Å². The highest BCUT2D eigenvalue weighted by molar-refractivity contribution is 5.53. The molecule has 94 valence electrons. The monoisotopic (exact) mass is 245 g/mol. The molecule has 0 aliphatic rings. The van der Waals surface area contributed by atoms with Crippen molar-refractivity contribution in [1.82, 2.24) is 15.0 Å². The van der Waals surface area contributed by atoms with E-state index in [0.29, 0.717) is 23.0 Å². The molecule has 0 aliphatic heterocycles. The Morgan fingerprint density at radius 2 is 2.17 bits per heavy atom. The van der Waals surface area contributed by atoms with Crippen LogP contribution in [-0.2, 0) is 6.42 Å². The molecular weight excluding hydrogens is 230 g/mol. The predicted octanol–water partition coefficient (Wildman–Crippen LogP) is 1.79. The van der Waals surface area contributed by atoms with E-state index in [9.17, 15) is 4.79 Å². The molecule has 2 rings (SSSR count). The van der Waals surface area contributed by atoms with Gasteiger partial charge in [0.1, 0.15) is 11.6 Å². The molecule has 5 nitrogen and oxygen atoms in total. The van der Waals surface area contributed by atoms with Gasteiger partial charge >= 0.3 is 0 Å². The van der Waals surface area contributed by atoms with Crippen molar-refractivity contribution >= 4 is 0 Å². The third-order valence-corrected chi connectivity index (χ3v) is 2.51. The zero-order valence-electron chi connectivity index (χ0n) is 10.4. The molecule has 0 spiro atoms. The Hall–Kier alpha value is -2.17. The molecular formula is C13H15N3O2. The van der Waals surface area contributed by atoms with Gasteiger partial charge in [0, 0.05) is 12.5 Å². The Kier molecular flexibility index (Phi) is 3.72. The number of aromatic nitrogens is 3. The molecule has 5 heteroatoms. The predicted molar refractivity (Wildman–Crippen MR) is 68.6 cm³/mol. The van der Waals surface area contributed by atoms with Crippen molar-refractivity contribution in [3.8, 4) is 17.1 Å². The largest absolute Gasteiger partial charge is 0.495 e. The van der Waals surface area contributed by atoms with Gasteiger partial charge in [-0.05, 0) is 18.6 Å². The lowest BCUT2D eigenvalue weighted by molar-refractivity contribution is 0.413. The number of aromatic amines is 1. The van der Waals surface area contributed by atoms with Crippen molar-refractivity contribution in [2.45, 2.75) is 19.8 Å². The lowest BCUT2D eigenvalue weighted by Gasteiger charge is -2.04. The lowest BCUT2D eigenvalue weighted by Crippen LogP contribution is -2.11. The van der Waals surface area contributed by atoms with Crippen LogP contribution in [0.5, 0.6) is 5.75 Å². The summed E-state index contributed by atoms with van der Waals surface area (Å²) in [5.41, 5.74) is 1.10. The second-order valence-electron chi connectivity index (χ2n) is 3.91. The molecule has 18 heavy (non-hydrogen) atoms. The maximum Gasteiger partial charge on any atom is 0.251 e. The average Bonchev–Trinajstić information content (AvgIpc) is 2.38. The van der Waals surface area contributed by atoms with Crippen LogP contribution in [0.25, 0.3) is 11.4 Å². The first kappa shape index (κ1) is 12.3. The molecule has 0 amide bonds. The minimum Gasteiger partial charge on any atom is -0.495 e. The van der Waals surface area contributed by atoms with Gasteiger partial charge in [-0.25, -0.2) is 4.98 Å². The van der Waals surface area contributed by atoms with Crippen LogP contribution in [-0.4, -0.2) is 22.1 Å². The van der Waals surface area contributed by atoms with Crippen LogP contribution in [0.2, 0.25) is 0 Å². The number of hydrogen-bond donors (Lipinski definition) is 1. The molecule has 0 aliphatic carbocycles. The number of nitrogens with one attached hydrogen (secondary N) is 1. The summed E-state index contributed by atoms with van der Waals surface area (Å²) in [7, 11) is 1.58. The second-order valence-corrected chi connectivity index (χ2v) is 3.91. The number of H-pyrrole nitrogens is 1. The van der Waals surface area contributed by atoms with Crippen molar-refractivity contribution in [2.24, 2.45) is 0 Å². The van der Waals surface area contributed by atoms with Crippen LogP contribution in [0.4, 0.5) is 0 Å². The van der Waals surface area contributed by atoms with Gasteiger partial charge in [-0.15, -0.1) is 0 Å². The Balaban J connectivity index is 2.39. The van der Waals surface area contributed by atoms with Crippen molar-refractivity contribution in [2.75, 3.05) is 7.11 Å². The Morgan fingerprint density at radius 1 is 1.33 bits per heavy atom. The van der Waals surface area contributed by atoms with E-state index in [0.717, 1.165) is 12.8 Å². The minimum atomic E-state index is -0.152. The van der Waals surface area contributed by atoms with Crippen molar-refractivity contribution < 1.29 is 4.74 Å². The Labute approximate surface area is 105 Å². The summed E-state index contributed by atoms with van der Waals surface area (Å²) in [6.07, 6.45) is 3.29. The zero-order chi connectivity index (χ0) is 13.0. The molecule has 0 atom stereocenters. The van der Waals surface area contributed by atoms with Gasteiger partial charge in [0.05, 0.1) is 24.7 Å². The summed E-state index contributed by atoms with van der Waals surface area (Å²) in [5.74, 6) is 1.37. The van der Waals surface area contributed by atoms with Crippen LogP contribution in [0.15, 0.2) is 29.2 Å².